The van der Waals surface area contributed by atoms with Gasteiger partial charge in [0.15, 0.2) is 0 Å². The molecule has 8 heteroatoms. The summed E-state index contributed by atoms with van der Waals surface area (Å²) in [6.45, 7) is 0.426. The molecule has 0 atom stereocenters. The zero-order chi connectivity index (χ0) is 16.4. The summed E-state index contributed by atoms with van der Waals surface area (Å²) in [4.78, 5) is 25.1. The van der Waals surface area contributed by atoms with Crippen molar-refractivity contribution in [2.75, 3.05) is 5.32 Å². The van der Waals surface area contributed by atoms with Crippen LogP contribution in [0.15, 0.2) is 12.4 Å². The molecule has 0 saturated carbocycles. The molecule has 0 fully saturated rings. The molecule has 2 heterocycles. The van der Waals surface area contributed by atoms with Gasteiger partial charge in [0.2, 0.25) is 5.91 Å². The molecule has 6 nitrogen and oxygen atoms in total. The number of primary amides is 1. The number of carbonyl (C=O) groups excluding carboxylic acids is 2. The smallest absolute Gasteiger partial charge is 0.251 e. The van der Waals surface area contributed by atoms with Crippen molar-refractivity contribution in [3.05, 3.63) is 33.4 Å². The van der Waals surface area contributed by atoms with Gasteiger partial charge in [-0.15, -0.1) is 11.3 Å². The van der Waals surface area contributed by atoms with Crippen LogP contribution in [0.1, 0.15) is 40.1 Å². The number of aryl methyl sites for hydroxylation is 2. The van der Waals surface area contributed by atoms with Gasteiger partial charge in [-0.2, -0.15) is 5.10 Å². The molecule has 3 N–H and O–H groups in total. The summed E-state index contributed by atoms with van der Waals surface area (Å²) in [6.07, 6.45) is 7.40. The Bertz CT molecular complexity index is 753. The Morgan fingerprint density at radius 2 is 2.17 bits per heavy atom. The fraction of sp³-hybridized carbons (Fsp3) is 0.400. The van der Waals surface area contributed by atoms with Crippen molar-refractivity contribution in [2.24, 2.45) is 5.73 Å². The zero-order valence-electron chi connectivity index (χ0n) is 12.5. The van der Waals surface area contributed by atoms with Crippen LogP contribution in [0.25, 0.3) is 0 Å². The lowest BCUT2D eigenvalue weighted by atomic mass is 9.95. The van der Waals surface area contributed by atoms with Gasteiger partial charge in [0.1, 0.15) is 5.00 Å². The zero-order valence-corrected chi connectivity index (χ0v) is 14.0. The minimum Gasteiger partial charge on any atom is -0.365 e. The normalized spacial score (nSPS) is 13.6. The number of halogens is 1. The Morgan fingerprint density at radius 1 is 1.39 bits per heavy atom. The average molecular weight is 353 g/mol. The van der Waals surface area contributed by atoms with Crippen LogP contribution < -0.4 is 11.1 Å². The molecule has 23 heavy (non-hydrogen) atoms. The van der Waals surface area contributed by atoms with E-state index in [2.05, 4.69) is 10.4 Å². The molecule has 0 saturated heterocycles. The first-order chi connectivity index (χ1) is 11.0. The van der Waals surface area contributed by atoms with Crippen molar-refractivity contribution >= 4 is 39.8 Å². The molecule has 0 spiro atoms. The number of nitrogens with one attached hydrogen (secondary N) is 1. The van der Waals surface area contributed by atoms with Gasteiger partial charge in [0.05, 0.1) is 16.8 Å². The summed E-state index contributed by atoms with van der Waals surface area (Å²) in [5.74, 6) is -0.642. The van der Waals surface area contributed by atoms with Gasteiger partial charge in [-0.3, -0.25) is 14.3 Å². The van der Waals surface area contributed by atoms with Crippen LogP contribution in [-0.4, -0.2) is 21.6 Å². The highest BCUT2D eigenvalue weighted by atomic mass is 35.5. The number of rotatable bonds is 5. The molecular weight excluding hydrogens is 336 g/mol. The fourth-order valence-electron chi connectivity index (χ4n) is 2.78. The number of nitrogens with two attached hydrogens (primary N) is 1. The highest BCUT2D eigenvalue weighted by molar-refractivity contribution is 7.17. The Kier molecular flexibility index (Phi) is 4.68. The summed E-state index contributed by atoms with van der Waals surface area (Å²) in [7, 11) is 0. The first-order valence-electron chi connectivity index (χ1n) is 7.46. The molecule has 2 aromatic rings. The minimum atomic E-state index is -0.474. The van der Waals surface area contributed by atoms with E-state index in [9.17, 15) is 9.59 Å². The van der Waals surface area contributed by atoms with Crippen LogP contribution in [-0.2, 0) is 24.2 Å². The highest BCUT2D eigenvalue weighted by Gasteiger charge is 2.24. The quantitative estimate of drug-likeness (QED) is 0.866. The van der Waals surface area contributed by atoms with Crippen molar-refractivity contribution in [3.8, 4) is 0 Å². The Morgan fingerprint density at radius 3 is 2.87 bits per heavy atom. The topological polar surface area (TPSA) is 90.0 Å². The van der Waals surface area contributed by atoms with E-state index in [1.54, 1.807) is 10.9 Å². The van der Waals surface area contributed by atoms with E-state index in [0.29, 0.717) is 22.1 Å². The number of thiophene rings is 1. The van der Waals surface area contributed by atoms with Gasteiger partial charge >= 0.3 is 0 Å². The third-order valence-corrected chi connectivity index (χ3v) is 5.24. The van der Waals surface area contributed by atoms with Crippen molar-refractivity contribution in [1.82, 2.24) is 9.78 Å². The van der Waals surface area contributed by atoms with Gasteiger partial charge in [-0.1, -0.05) is 11.6 Å². The largest absolute Gasteiger partial charge is 0.365 e. The standard InChI is InChI=1S/C15H17ClN4O2S/c16-9-7-18-20(8-9)6-5-12(21)19-15-13(14(17)22)10-3-1-2-4-11(10)23-15/h7-8H,1-6H2,(H2,17,22)(H,19,21). The predicted octanol–water partition coefficient (Wildman–Crippen LogP) is 2.60. The average Bonchev–Trinajstić information content (AvgIpc) is 3.08. The maximum absolute atomic E-state index is 12.1. The van der Waals surface area contributed by atoms with Gasteiger partial charge in [0.25, 0.3) is 5.91 Å². The van der Waals surface area contributed by atoms with Crippen LogP contribution in [0.5, 0.6) is 0 Å². The van der Waals surface area contributed by atoms with E-state index in [1.165, 1.54) is 22.4 Å². The van der Waals surface area contributed by atoms with E-state index in [4.69, 9.17) is 17.3 Å². The maximum Gasteiger partial charge on any atom is 0.251 e. The number of anilines is 1. The molecule has 2 aromatic heterocycles. The first kappa shape index (κ1) is 16.0. The van der Waals surface area contributed by atoms with Gasteiger partial charge < -0.3 is 11.1 Å². The molecule has 122 valence electrons. The number of aromatic nitrogens is 2. The SMILES string of the molecule is NC(=O)c1c(NC(=O)CCn2cc(Cl)cn2)sc2c1CCCC2. The fourth-order valence-corrected chi connectivity index (χ4v) is 4.25. The maximum atomic E-state index is 12.1. The van der Waals surface area contributed by atoms with E-state index in [0.717, 1.165) is 31.2 Å². The van der Waals surface area contributed by atoms with Crippen LogP contribution in [0, 0.1) is 0 Å². The number of carbonyl (C=O) groups is 2. The number of fused-ring (bicyclic) bond motifs is 1. The van der Waals surface area contributed by atoms with Crippen LogP contribution >= 0.6 is 22.9 Å². The number of nitrogens with zero attached hydrogens (tertiary/aromatic N) is 2. The summed E-state index contributed by atoms with van der Waals surface area (Å²) in [6, 6.07) is 0. The van der Waals surface area contributed by atoms with E-state index >= 15 is 0 Å². The summed E-state index contributed by atoms with van der Waals surface area (Å²) in [5, 5.41) is 7.97. The second kappa shape index (κ2) is 6.72. The lowest BCUT2D eigenvalue weighted by Gasteiger charge is -2.11. The van der Waals surface area contributed by atoms with Crippen LogP contribution in [0.2, 0.25) is 5.02 Å². The first-order valence-corrected chi connectivity index (χ1v) is 8.66. The number of amides is 2. The van der Waals surface area contributed by atoms with Gasteiger partial charge in [-0.05, 0) is 31.2 Å². The molecule has 2 amide bonds. The number of hydrogen-bond donors (Lipinski definition) is 2. The van der Waals surface area contributed by atoms with Crippen molar-refractivity contribution in [3.63, 3.8) is 0 Å². The Hall–Kier alpha value is -1.86. The molecule has 0 radical (unpaired) electrons. The van der Waals surface area contributed by atoms with Gasteiger partial charge in [0, 0.05) is 24.0 Å². The molecule has 0 bridgehead atoms. The molecule has 3 rings (SSSR count). The second-order valence-corrected chi connectivity index (χ2v) is 7.04. The highest BCUT2D eigenvalue weighted by Crippen LogP contribution is 2.37. The minimum absolute atomic E-state index is 0.169. The Labute approximate surface area is 142 Å². The van der Waals surface area contributed by atoms with Crippen molar-refractivity contribution in [2.45, 2.75) is 38.6 Å². The van der Waals surface area contributed by atoms with Crippen molar-refractivity contribution < 1.29 is 9.59 Å². The molecule has 0 aromatic carbocycles. The lowest BCUT2D eigenvalue weighted by Crippen LogP contribution is -2.19. The van der Waals surface area contributed by atoms with Crippen molar-refractivity contribution in [1.29, 1.82) is 0 Å². The van der Waals surface area contributed by atoms with Gasteiger partial charge in [-0.25, -0.2) is 0 Å². The third kappa shape index (κ3) is 3.56. The van der Waals surface area contributed by atoms with Crippen LogP contribution in [0.3, 0.4) is 0 Å². The predicted molar refractivity (Wildman–Crippen MR) is 90.0 cm³/mol. The molecule has 1 aliphatic rings. The summed E-state index contributed by atoms with van der Waals surface area (Å²) < 4.78 is 1.61. The van der Waals surface area contributed by atoms with E-state index < -0.39 is 5.91 Å². The van der Waals surface area contributed by atoms with E-state index in [1.807, 2.05) is 0 Å². The summed E-state index contributed by atoms with van der Waals surface area (Å²) in [5.41, 5.74) is 7.02. The molecule has 1 aliphatic carbocycles. The molecule has 0 unspecified atom stereocenters. The monoisotopic (exact) mass is 352 g/mol. The van der Waals surface area contributed by atoms with E-state index in [-0.39, 0.29) is 12.3 Å². The lowest BCUT2D eigenvalue weighted by molar-refractivity contribution is -0.116. The Balaban J connectivity index is 1.70. The second-order valence-electron chi connectivity index (χ2n) is 5.50. The molecular formula is C15H17ClN4O2S. The van der Waals surface area contributed by atoms with Crippen LogP contribution in [0.4, 0.5) is 5.00 Å². The summed E-state index contributed by atoms with van der Waals surface area (Å²) >= 11 is 7.25. The number of hydrogen-bond acceptors (Lipinski definition) is 4. The third-order valence-electron chi connectivity index (χ3n) is 3.84. The molecule has 0 aliphatic heterocycles.